The molecule has 2 heterocycles. The minimum atomic E-state index is 0.269. The maximum absolute atomic E-state index is 9.79. The average Bonchev–Trinajstić information content (AvgIpc) is 2.88. The van der Waals surface area contributed by atoms with Crippen molar-refractivity contribution in [1.29, 1.82) is 0 Å². The van der Waals surface area contributed by atoms with Crippen molar-refractivity contribution >= 4 is 17.0 Å². The first-order valence-electron chi connectivity index (χ1n) is 5.90. The molecule has 0 saturated heterocycles. The fourth-order valence-electron chi connectivity index (χ4n) is 1.93. The summed E-state index contributed by atoms with van der Waals surface area (Å²) in [5.41, 5.74) is 3.30. The second-order valence-corrected chi connectivity index (χ2v) is 4.31. The number of H-pyrrole nitrogens is 1. The molecule has 96 valence electrons. The van der Waals surface area contributed by atoms with E-state index in [2.05, 4.69) is 25.3 Å². The van der Waals surface area contributed by atoms with Crippen LogP contribution in [0.25, 0.3) is 11.2 Å². The Bertz CT molecular complexity index is 722. The fraction of sp³-hybridized carbons (Fsp3) is 0.154. The molecule has 0 aliphatic carbocycles. The van der Waals surface area contributed by atoms with Crippen LogP contribution in [0, 0.1) is 6.92 Å². The van der Waals surface area contributed by atoms with E-state index in [4.69, 9.17) is 0 Å². The van der Waals surface area contributed by atoms with E-state index in [0.29, 0.717) is 23.5 Å². The van der Waals surface area contributed by atoms with Crippen LogP contribution in [-0.2, 0) is 6.54 Å². The molecular formula is C13H13N5O. The molecule has 0 fully saturated rings. The monoisotopic (exact) mass is 255 g/mol. The number of benzene rings is 1. The van der Waals surface area contributed by atoms with Gasteiger partial charge in [-0.1, -0.05) is 17.7 Å². The van der Waals surface area contributed by atoms with Gasteiger partial charge < -0.3 is 15.4 Å². The van der Waals surface area contributed by atoms with Crippen molar-refractivity contribution in [2.24, 2.45) is 0 Å². The van der Waals surface area contributed by atoms with Crippen molar-refractivity contribution < 1.29 is 5.11 Å². The number of fused-ring (bicyclic) bond motifs is 1. The smallest absolute Gasteiger partial charge is 0.162 e. The van der Waals surface area contributed by atoms with E-state index in [1.807, 2.05) is 19.1 Å². The molecule has 0 bridgehead atoms. The normalized spacial score (nSPS) is 10.8. The number of nitrogens with one attached hydrogen (secondary N) is 2. The fourth-order valence-corrected chi connectivity index (χ4v) is 1.93. The molecule has 0 aliphatic rings. The first-order chi connectivity index (χ1) is 9.24. The summed E-state index contributed by atoms with van der Waals surface area (Å²) in [6.07, 6.45) is 3.05. The predicted octanol–water partition coefficient (Wildman–Crippen LogP) is 1.98. The molecule has 6 heteroatoms. The Hall–Kier alpha value is -2.63. The SMILES string of the molecule is Cc1ccc(O)c(CNc2ncnc3[nH]cnc23)c1. The van der Waals surface area contributed by atoms with Gasteiger partial charge in [0.25, 0.3) is 0 Å². The lowest BCUT2D eigenvalue weighted by Crippen LogP contribution is -2.03. The number of imidazole rings is 1. The van der Waals surface area contributed by atoms with Crippen LogP contribution in [0.5, 0.6) is 5.75 Å². The Morgan fingerprint density at radius 2 is 2.16 bits per heavy atom. The number of nitrogens with zero attached hydrogens (tertiary/aromatic N) is 3. The lowest BCUT2D eigenvalue weighted by molar-refractivity contribution is 0.469. The first kappa shape index (κ1) is 11.5. The van der Waals surface area contributed by atoms with Gasteiger partial charge in [-0.3, -0.25) is 0 Å². The molecule has 0 amide bonds. The second-order valence-electron chi connectivity index (χ2n) is 4.31. The predicted molar refractivity (Wildman–Crippen MR) is 71.9 cm³/mol. The zero-order chi connectivity index (χ0) is 13.2. The molecule has 1 aromatic carbocycles. The molecule has 0 spiro atoms. The third kappa shape index (κ3) is 2.20. The summed E-state index contributed by atoms with van der Waals surface area (Å²) in [4.78, 5) is 15.3. The Kier molecular flexibility index (Phi) is 2.75. The molecule has 0 saturated carbocycles. The summed E-state index contributed by atoms with van der Waals surface area (Å²) in [5.74, 6) is 0.914. The van der Waals surface area contributed by atoms with E-state index < -0.39 is 0 Å². The van der Waals surface area contributed by atoms with Crippen molar-refractivity contribution in [2.45, 2.75) is 13.5 Å². The second kappa shape index (κ2) is 4.56. The highest BCUT2D eigenvalue weighted by Gasteiger charge is 2.07. The number of hydrogen-bond acceptors (Lipinski definition) is 5. The molecule has 3 N–H and O–H groups in total. The molecule has 19 heavy (non-hydrogen) atoms. The molecule has 6 nitrogen and oxygen atoms in total. The van der Waals surface area contributed by atoms with Gasteiger partial charge in [-0.15, -0.1) is 0 Å². The molecule has 0 atom stereocenters. The lowest BCUT2D eigenvalue weighted by atomic mass is 10.1. The Labute approximate surface area is 109 Å². The summed E-state index contributed by atoms with van der Waals surface area (Å²) < 4.78 is 0. The number of aromatic amines is 1. The number of anilines is 1. The molecule has 0 aliphatic heterocycles. The zero-order valence-corrected chi connectivity index (χ0v) is 10.4. The number of hydrogen-bond donors (Lipinski definition) is 3. The number of aromatic nitrogens is 4. The van der Waals surface area contributed by atoms with Crippen molar-refractivity contribution in [1.82, 2.24) is 19.9 Å². The van der Waals surface area contributed by atoms with Gasteiger partial charge in [0.05, 0.1) is 6.33 Å². The van der Waals surface area contributed by atoms with Crippen LogP contribution >= 0.6 is 0 Å². The van der Waals surface area contributed by atoms with Crippen LogP contribution in [-0.4, -0.2) is 25.0 Å². The van der Waals surface area contributed by atoms with Crippen LogP contribution in [0.15, 0.2) is 30.9 Å². The number of aryl methyl sites for hydroxylation is 1. The average molecular weight is 255 g/mol. The number of phenolic OH excluding ortho intramolecular Hbond substituents is 1. The molecule has 0 radical (unpaired) electrons. The summed E-state index contributed by atoms with van der Waals surface area (Å²) >= 11 is 0. The van der Waals surface area contributed by atoms with Crippen LogP contribution in [0.3, 0.4) is 0 Å². The van der Waals surface area contributed by atoms with E-state index >= 15 is 0 Å². The van der Waals surface area contributed by atoms with Gasteiger partial charge in [0, 0.05) is 12.1 Å². The topological polar surface area (TPSA) is 86.7 Å². The van der Waals surface area contributed by atoms with Gasteiger partial charge in [-0.2, -0.15) is 0 Å². The van der Waals surface area contributed by atoms with Gasteiger partial charge in [-0.25, -0.2) is 15.0 Å². The van der Waals surface area contributed by atoms with Crippen molar-refractivity contribution in [2.75, 3.05) is 5.32 Å². The quantitative estimate of drug-likeness (QED) is 0.666. The molecule has 3 rings (SSSR count). The van der Waals surface area contributed by atoms with Crippen molar-refractivity contribution in [3.63, 3.8) is 0 Å². The Morgan fingerprint density at radius 3 is 3.05 bits per heavy atom. The van der Waals surface area contributed by atoms with Crippen molar-refractivity contribution in [3.05, 3.63) is 42.0 Å². The van der Waals surface area contributed by atoms with E-state index in [0.717, 1.165) is 11.1 Å². The minimum absolute atomic E-state index is 0.269. The van der Waals surface area contributed by atoms with Crippen LogP contribution < -0.4 is 5.32 Å². The summed E-state index contributed by atoms with van der Waals surface area (Å²) in [5, 5.41) is 13.0. The highest BCUT2D eigenvalue weighted by atomic mass is 16.3. The highest BCUT2D eigenvalue weighted by Crippen LogP contribution is 2.21. The maximum atomic E-state index is 9.79. The third-order valence-electron chi connectivity index (χ3n) is 2.90. The maximum Gasteiger partial charge on any atom is 0.162 e. The standard InChI is InChI=1S/C13H13N5O/c1-8-2-3-10(19)9(4-8)5-14-12-11-13(16-6-15-11)18-7-17-12/h2-4,6-7,19H,5H2,1H3,(H2,14,15,16,17,18). The number of phenols is 1. The van der Waals surface area contributed by atoms with Gasteiger partial charge in [0.15, 0.2) is 11.5 Å². The molecule has 2 aromatic heterocycles. The third-order valence-corrected chi connectivity index (χ3v) is 2.90. The van der Waals surface area contributed by atoms with Crippen LogP contribution in [0.4, 0.5) is 5.82 Å². The molecule has 0 unspecified atom stereocenters. The van der Waals surface area contributed by atoms with Crippen LogP contribution in [0.1, 0.15) is 11.1 Å². The molecular weight excluding hydrogens is 242 g/mol. The zero-order valence-electron chi connectivity index (χ0n) is 10.4. The van der Waals surface area contributed by atoms with E-state index in [-0.39, 0.29) is 5.75 Å². The summed E-state index contributed by atoms with van der Waals surface area (Å²) in [6, 6.07) is 5.50. The van der Waals surface area contributed by atoms with Gasteiger partial charge in [-0.05, 0) is 13.0 Å². The summed E-state index contributed by atoms with van der Waals surface area (Å²) in [6.45, 7) is 2.46. The Balaban J connectivity index is 1.86. The van der Waals surface area contributed by atoms with E-state index in [1.54, 1.807) is 12.4 Å². The first-order valence-corrected chi connectivity index (χ1v) is 5.90. The largest absolute Gasteiger partial charge is 0.508 e. The van der Waals surface area contributed by atoms with E-state index in [9.17, 15) is 5.11 Å². The lowest BCUT2D eigenvalue weighted by Gasteiger charge is -2.08. The van der Waals surface area contributed by atoms with Gasteiger partial charge >= 0.3 is 0 Å². The highest BCUT2D eigenvalue weighted by molar-refractivity contribution is 5.81. The minimum Gasteiger partial charge on any atom is -0.508 e. The molecule has 3 aromatic rings. The van der Waals surface area contributed by atoms with Gasteiger partial charge in [0.2, 0.25) is 0 Å². The Morgan fingerprint density at radius 1 is 1.26 bits per heavy atom. The van der Waals surface area contributed by atoms with Crippen molar-refractivity contribution in [3.8, 4) is 5.75 Å². The summed E-state index contributed by atoms with van der Waals surface area (Å²) in [7, 11) is 0. The number of aromatic hydroxyl groups is 1. The number of rotatable bonds is 3. The van der Waals surface area contributed by atoms with Gasteiger partial charge in [0.1, 0.15) is 17.6 Å². The van der Waals surface area contributed by atoms with Crippen LogP contribution in [0.2, 0.25) is 0 Å². The van der Waals surface area contributed by atoms with E-state index in [1.165, 1.54) is 6.33 Å².